The van der Waals surface area contributed by atoms with Gasteiger partial charge in [-0.3, -0.25) is 4.90 Å². The van der Waals surface area contributed by atoms with E-state index in [1.54, 1.807) is 0 Å². The minimum absolute atomic E-state index is 0.0406. The molecule has 0 bridgehead atoms. The van der Waals surface area contributed by atoms with Crippen molar-refractivity contribution in [1.29, 1.82) is 0 Å². The molecule has 0 saturated carbocycles. The molecule has 2 heterocycles. The summed E-state index contributed by atoms with van der Waals surface area (Å²) in [6, 6.07) is 0.349. The first kappa shape index (κ1) is 17.2. The van der Waals surface area contributed by atoms with E-state index in [9.17, 15) is 0 Å². The van der Waals surface area contributed by atoms with Gasteiger partial charge in [0, 0.05) is 25.0 Å². The molecule has 0 aromatic heterocycles. The molecule has 0 aromatic rings. The monoisotopic (exact) mass is 298 g/mol. The molecule has 4 nitrogen and oxygen atoms in total. The zero-order chi connectivity index (χ0) is 15.7. The van der Waals surface area contributed by atoms with Crippen LogP contribution in [0.25, 0.3) is 0 Å². The number of hydrogen-bond acceptors (Lipinski definition) is 4. The summed E-state index contributed by atoms with van der Waals surface area (Å²) >= 11 is 0. The summed E-state index contributed by atoms with van der Waals surface area (Å²) in [4.78, 5) is 2.53. The van der Waals surface area contributed by atoms with Crippen LogP contribution in [0.4, 0.5) is 0 Å². The number of hydrogen-bond donors (Lipinski definition) is 1. The molecule has 0 amide bonds. The fourth-order valence-corrected chi connectivity index (χ4v) is 4.28. The minimum atomic E-state index is -0.104. The molecule has 2 rings (SSSR count). The lowest BCUT2D eigenvalue weighted by atomic mass is 9.79. The average molecular weight is 298 g/mol. The van der Waals surface area contributed by atoms with Gasteiger partial charge in [0.1, 0.15) is 0 Å². The minimum Gasteiger partial charge on any atom is -0.374 e. The van der Waals surface area contributed by atoms with Crippen molar-refractivity contribution >= 4 is 0 Å². The van der Waals surface area contributed by atoms with E-state index in [0.29, 0.717) is 12.0 Å². The molecule has 0 aromatic carbocycles. The maximum atomic E-state index is 6.29. The van der Waals surface area contributed by atoms with Crippen LogP contribution in [-0.4, -0.2) is 61.5 Å². The average Bonchev–Trinajstić information content (AvgIpc) is 2.59. The molecule has 0 radical (unpaired) electrons. The number of likely N-dealkylation sites (N-methyl/N-ethyl adjacent to an activating group) is 1. The van der Waals surface area contributed by atoms with Gasteiger partial charge in [-0.05, 0) is 54.1 Å². The summed E-state index contributed by atoms with van der Waals surface area (Å²) in [7, 11) is 2.06. The van der Waals surface area contributed by atoms with Gasteiger partial charge < -0.3 is 14.8 Å². The second-order valence-electron chi connectivity index (χ2n) is 7.80. The largest absolute Gasteiger partial charge is 0.374 e. The summed E-state index contributed by atoms with van der Waals surface area (Å²) in [5, 5.41) is 3.54. The summed E-state index contributed by atoms with van der Waals surface area (Å²) in [5.74, 6) is 0.476. The molecule has 3 unspecified atom stereocenters. The Morgan fingerprint density at radius 3 is 2.52 bits per heavy atom. The van der Waals surface area contributed by atoms with Crippen molar-refractivity contribution in [3.05, 3.63) is 0 Å². The Morgan fingerprint density at radius 1 is 1.29 bits per heavy atom. The molecule has 2 saturated heterocycles. The molecule has 2 aliphatic heterocycles. The number of rotatable bonds is 5. The van der Waals surface area contributed by atoms with E-state index in [1.165, 1.54) is 13.0 Å². The van der Waals surface area contributed by atoms with E-state index in [1.807, 2.05) is 0 Å². The first-order chi connectivity index (χ1) is 9.79. The Morgan fingerprint density at radius 2 is 2.00 bits per heavy atom. The quantitative estimate of drug-likeness (QED) is 0.844. The van der Waals surface area contributed by atoms with E-state index in [4.69, 9.17) is 9.47 Å². The fraction of sp³-hybridized carbons (Fsp3) is 1.00. The first-order valence-electron chi connectivity index (χ1n) is 8.50. The third kappa shape index (κ3) is 3.98. The van der Waals surface area contributed by atoms with Crippen molar-refractivity contribution in [2.75, 3.05) is 33.3 Å². The normalized spacial score (nSPS) is 34.0. The summed E-state index contributed by atoms with van der Waals surface area (Å²) in [5.41, 5.74) is -0.144. The third-order valence-corrected chi connectivity index (χ3v) is 5.03. The molecule has 2 fully saturated rings. The topological polar surface area (TPSA) is 33.7 Å². The van der Waals surface area contributed by atoms with Crippen LogP contribution in [0.5, 0.6) is 0 Å². The van der Waals surface area contributed by atoms with Crippen LogP contribution >= 0.6 is 0 Å². The van der Waals surface area contributed by atoms with Gasteiger partial charge in [0.05, 0.1) is 23.9 Å². The van der Waals surface area contributed by atoms with Crippen LogP contribution in [0.1, 0.15) is 47.5 Å². The number of morpholine rings is 1. The lowest BCUT2D eigenvalue weighted by Gasteiger charge is -2.41. The van der Waals surface area contributed by atoms with Gasteiger partial charge in [0.2, 0.25) is 0 Å². The standard InChI is InChI=1S/C17H34N2O2/c1-7-8-19-9-10-20-14(12-19)15(18-6)13-11-16(2,3)21-17(13,4)5/h13-15,18H,7-12H2,1-6H3. The molecule has 124 valence electrons. The van der Waals surface area contributed by atoms with Gasteiger partial charge in [-0.2, -0.15) is 0 Å². The van der Waals surface area contributed by atoms with Gasteiger partial charge in [-0.25, -0.2) is 0 Å². The van der Waals surface area contributed by atoms with Gasteiger partial charge in [0.15, 0.2) is 0 Å². The molecule has 4 heteroatoms. The highest BCUT2D eigenvalue weighted by Crippen LogP contribution is 2.44. The van der Waals surface area contributed by atoms with Gasteiger partial charge >= 0.3 is 0 Å². The van der Waals surface area contributed by atoms with E-state index in [0.717, 1.165) is 26.1 Å². The Bertz CT molecular complexity index is 342. The first-order valence-corrected chi connectivity index (χ1v) is 8.50. The van der Waals surface area contributed by atoms with Crippen LogP contribution in [0, 0.1) is 5.92 Å². The highest BCUT2D eigenvalue weighted by Gasteiger charge is 2.50. The molecule has 0 aliphatic carbocycles. The van der Waals surface area contributed by atoms with Crippen molar-refractivity contribution in [3.63, 3.8) is 0 Å². The second-order valence-corrected chi connectivity index (χ2v) is 7.80. The molecule has 3 atom stereocenters. The number of nitrogens with one attached hydrogen (secondary N) is 1. The highest BCUT2D eigenvalue weighted by molar-refractivity contribution is 5.02. The van der Waals surface area contributed by atoms with Crippen LogP contribution < -0.4 is 5.32 Å². The smallest absolute Gasteiger partial charge is 0.0858 e. The fourth-order valence-electron chi connectivity index (χ4n) is 4.28. The molecular formula is C17H34N2O2. The number of ether oxygens (including phenoxy) is 2. The second kappa shape index (κ2) is 6.53. The van der Waals surface area contributed by atoms with E-state index < -0.39 is 0 Å². The molecule has 21 heavy (non-hydrogen) atoms. The van der Waals surface area contributed by atoms with E-state index >= 15 is 0 Å². The van der Waals surface area contributed by atoms with Crippen LogP contribution in [0.2, 0.25) is 0 Å². The maximum absolute atomic E-state index is 6.29. The van der Waals surface area contributed by atoms with Crippen molar-refractivity contribution in [2.24, 2.45) is 5.92 Å². The van der Waals surface area contributed by atoms with Crippen LogP contribution in [-0.2, 0) is 9.47 Å². The number of nitrogens with zero attached hydrogens (tertiary/aromatic N) is 1. The predicted octanol–water partition coefficient (Wildman–Crippen LogP) is 2.28. The summed E-state index contributed by atoms with van der Waals surface area (Å²) in [6.45, 7) is 15.2. The van der Waals surface area contributed by atoms with Gasteiger partial charge in [-0.1, -0.05) is 6.92 Å². The van der Waals surface area contributed by atoms with Crippen LogP contribution in [0.15, 0.2) is 0 Å². The van der Waals surface area contributed by atoms with Crippen molar-refractivity contribution in [1.82, 2.24) is 10.2 Å². The molecule has 2 aliphatic rings. The lowest BCUT2D eigenvalue weighted by molar-refractivity contribution is -0.0963. The van der Waals surface area contributed by atoms with Crippen molar-refractivity contribution < 1.29 is 9.47 Å². The summed E-state index contributed by atoms with van der Waals surface area (Å²) in [6.07, 6.45) is 2.55. The Kier molecular flexibility index (Phi) is 5.35. The van der Waals surface area contributed by atoms with Crippen molar-refractivity contribution in [2.45, 2.75) is 70.8 Å². The van der Waals surface area contributed by atoms with E-state index in [2.05, 4.69) is 51.9 Å². The SMILES string of the molecule is CCCN1CCOC(C(NC)C2CC(C)(C)OC2(C)C)C1. The molecule has 1 N–H and O–H groups in total. The predicted molar refractivity (Wildman–Crippen MR) is 86.7 cm³/mol. The lowest BCUT2D eigenvalue weighted by Crippen LogP contribution is -2.57. The Labute approximate surface area is 130 Å². The third-order valence-electron chi connectivity index (χ3n) is 5.03. The Balaban J connectivity index is 2.08. The summed E-state index contributed by atoms with van der Waals surface area (Å²) < 4.78 is 12.4. The van der Waals surface area contributed by atoms with E-state index in [-0.39, 0.29) is 17.3 Å². The Hall–Kier alpha value is -0.160. The van der Waals surface area contributed by atoms with Crippen LogP contribution in [0.3, 0.4) is 0 Å². The molecule has 0 spiro atoms. The molecular weight excluding hydrogens is 264 g/mol. The zero-order valence-electron chi connectivity index (χ0n) is 14.7. The highest BCUT2D eigenvalue weighted by atomic mass is 16.5. The van der Waals surface area contributed by atoms with Gasteiger partial charge in [-0.15, -0.1) is 0 Å². The van der Waals surface area contributed by atoms with Crippen molar-refractivity contribution in [3.8, 4) is 0 Å². The zero-order valence-corrected chi connectivity index (χ0v) is 14.7. The maximum Gasteiger partial charge on any atom is 0.0858 e. The van der Waals surface area contributed by atoms with Gasteiger partial charge in [0.25, 0.3) is 0 Å².